The largest absolute Gasteiger partial charge is 0.490 e. The lowest BCUT2D eigenvalue weighted by molar-refractivity contribution is 0.0448. The van der Waals surface area contributed by atoms with Crippen molar-refractivity contribution >= 4 is 11.8 Å². The van der Waals surface area contributed by atoms with E-state index >= 15 is 0 Å². The third-order valence-corrected chi connectivity index (χ3v) is 4.52. The Morgan fingerprint density at radius 2 is 1.47 bits per heavy atom. The van der Waals surface area contributed by atoms with E-state index in [-0.39, 0.29) is 30.1 Å². The smallest absolute Gasteiger partial charge is 0.339 e. The fourth-order valence-corrected chi connectivity index (χ4v) is 3.09. The lowest BCUT2D eigenvalue weighted by atomic mass is 9.98. The molecule has 30 heavy (non-hydrogen) atoms. The van der Waals surface area contributed by atoms with Gasteiger partial charge in [-0.05, 0) is 36.4 Å². The number of hydrogen-bond donors (Lipinski definition) is 0. The summed E-state index contributed by atoms with van der Waals surface area (Å²) in [5, 5.41) is 0. The molecule has 1 aliphatic heterocycles. The normalized spacial score (nSPS) is 12.1. The Kier molecular flexibility index (Phi) is 5.94. The molecule has 4 rings (SSSR count). The zero-order valence-electron chi connectivity index (χ0n) is 16.2. The van der Waals surface area contributed by atoms with Crippen molar-refractivity contribution in [3.8, 4) is 17.2 Å². The maximum Gasteiger partial charge on any atom is 0.339 e. The lowest BCUT2D eigenvalue weighted by Crippen LogP contribution is -2.17. The Labute approximate surface area is 174 Å². The van der Waals surface area contributed by atoms with Crippen LogP contribution in [-0.4, -0.2) is 38.2 Å². The van der Waals surface area contributed by atoms with E-state index in [0.717, 1.165) is 0 Å². The SMILES string of the molecule is O=C(OCCOc1ccccc1)c1ccccc1C(=O)c1ccc2c(c1)OCCO2. The molecule has 0 atom stereocenters. The van der Waals surface area contributed by atoms with Crippen LogP contribution in [0.4, 0.5) is 0 Å². The molecule has 0 unspecified atom stereocenters. The number of ether oxygens (including phenoxy) is 4. The highest BCUT2D eigenvalue weighted by Gasteiger charge is 2.21. The van der Waals surface area contributed by atoms with E-state index in [1.165, 1.54) is 0 Å². The first-order valence-electron chi connectivity index (χ1n) is 9.61. The number of benzene rings is 3. The van der Waals surface area contributed by atoms with Crippen LogP contribution in [0.2, 0.25) is 0 Å². The first-order valence-corrected chi connectivity index (χ1v) is 9.61. The molecule has 0 fully saturated rings. The topological polar surface area (TPSA) is 71.1 Å². The number of hydrogen-bond acceptors (Lipinski definition) is 6. The van der Waals surface area contributed by atoms with Gasteiger partial charge in [-0.15, -0.1) is 0 Å². The number of carbonyl (C=O) groups excluding carboxylic acids is 2. The number of esters is 1. The Balaban J connectivity index is 1.44. The number of para-hydroxylation sites is 1. The van der Waals surface area contributed by atoms with Gasteiger partial charge in [0.25, 0.3) is 0 Å². The van der Waals surface area contributed by atoms with E-state index in [0.29, 0.717) is 36.0 Å². The predicted molar refractivity (Wildman–Crippen MR) is 110 cm³/mol. The summed E-state index contributed by atoms with van der Waals surface area (Å²) in [5.41, 5.74) is 0.882. The Morgan fingerprint density at radius 1 is 0.767 bits per heavy atom. The number of carbonyl (C=O) groups is 2. The number of fused-ring (bicyclic) bond motifs is 1. The van der Waals surface area contributed by atoms with Gasteiger partial charge in [-0.3, -0.25) is 4.79 Å². The first kappa shape index (κ1) is 19.5. The molecule has 0 bridgehead atoms. The fraction of sp³-hybridized carbons (Fsp3) is 0.167. The van der Waals surface area contributed by atoms with Crippen LogP contribution in [0, 0.1) is 0 Å². The summed E-state index contributed by atoms with van der Waals surface area (Å²) < 4.78 is 21.9. The molecule has 3 aromatic rings. The van der Waals surface area contributed by atoms with E-state index in [9.17, 15) is 9.59 Å². The van der Waals surface area contributed by atoms with Gasteiger partial charge >= 0.3 is 5.97 Å². The summed E-state index contributed by atoms with van der Waals surface area (Å²) in [7, 11) is 0. The molecular weight excluding hydrogens is 384 g/mol. The van der Waals surface area contributed by atoms with Crippen molar-refractivity contribution < 1.29 is 28.5 Å². The quantitative estimate of drug-likeness (QED) is 0.338. The highest BCUT2D eigenvalue weighted by Crippen LogP contribution is 2.31. The van der Waals surface area contributed by atoms with Crippen LogP contribution in [0.15, 0.2) is 72.8 Å². The van der Waals surface area contributed by atoms with E-state index in [1.807, 2.05) is 30.3 Å². The molecule has 6 nitrogen and oxygen atoms in total. The van der Waals surface area contributed by atoms with Gasteiger partial charge in [0.15, 0.2) is 17.3 Å². The second kappa shape index (κ2) is 9.13. The van der Waals surface area contributed by atoms with Crippen LogP contribution >= 0.6 is 0 Å². The second-order valence-corrected chi connectivity index (χ2v) is 6.53. The maximum absolute atomic E-state index is 13.0. The molecule has 1 heterocycles. The van der Waals surface area contributed by atoms with Crippen molar-refractivity contribution in [3.05, 3.63) is 89.5 Å². The van der Waals surface area contributed by atoms with E-state index in [1.54, 1.807) is 42.5 Å². The average molecular weight is 404 g/mol. The van der Waals surface area contributed by atoms with Gasteiger partial charge in [0, 0.05) is 11.1 Å². The molecule has 0 aliphatic carbocycles. The molecule has 0 N–H and O–H groups in total. The summed E-state index contributed by atoms with van der Waals surface area (Å²) in [4.78, 5) is 25.6. The minimum atomic E-state index is -0.576. The van der Waals surface area contributed by atoms with Gasteiger partial charge in [0.2, 0.25) is 0 Å². The standard InChI is InChI=1S/C24H20O6/c25-23(17-10-11-21-22(16-17)29-14-13-28-21)19-8-4-5-9-20(19)24(26)30-15-12-27-18-6-2-1-3-7-18/h1-11,16H,12-15H2. The van der Waals surface area contributed by atoms with Crippen LogP contribution in [0.1, 0.15) is 26.3 Å². The molecule has 0 spiro atoms. The molecule has 0 saturated heterocycles. The summed E-state index contributed by atoms with van der Waals surface area (Å²) >= 11 is 0. The second-order valence-electron chi connectivity index (χ2n) is 6.53. The Hall–Kier alpha value is -3.80. The molecule has 0 amide bonds. The van der Waals surface area contributed by atoms with Gasteiger partial charge in [-0.25, -0.2) is 4.79 Å². The third kappa shape index (κ3) is 4.43. The summed E-state index contributed by atoms with van der Waals surface area (Å²) in [6, 6.07) is 20.8. The minimum Gasteiger partial charge on any atom is -0.490 e. The zero-order valence-corrected chi connectivity index (χ0v) is 16.2. The molecule has 0 aromatic heterocycles. The van der Waals surface area contributed by atoms with Crippen molar-refractivity contribution in [2.24, 2.45) is 0 Å². The van der Waals surface area contributed by atoms with Crippen LogP contribution in [0.5, 0.6) is 17.2 Å². The summed E-state index contributed by atoms with van der Waals surface area (Å²) in [5.74, 6) is 0.949. The van der Waals surface area contributed by atoms with Crippen LogP contribution in [0.3, 0.4) is 0 Å². The molecule has 3 aromatic carbocycles. The van der Waals surface area contributed by atoms with Crippen LogP contribution in [0.25, 0.3) is 0 Å². The van der Waals surface area contributed by atoms with E-state index < -0.39 is 5.97 Å². The average Bonchev–Trinajstić information content (AvgIpc) is 2.81. The van der Waals surface area contributed by atoms with Gasteiger partial charge in [0.05, 0.1) is 5.56 Å². The Bertz CT molecular complexity index is 1040. The van der Waals surface area contributed by atoms with Crippen LogP contribution in [-0.2, 0) is 4.74 Å². The number of rotatable bonds is 7. The zero-order chi connectivity index (χ0) is 20.8. The van der Waals surface area contributed by atoms with Crippen LogP contribution < -0.4 is 14.2 Å². The van der Waals surface area contributed by atoms with Gasteiger partial charge in [0.1, 0.15) is 32.2 Å². The molecule has 152 valence electrons. The molecular formula is C24H20O6. The molecule has 0 saturated carbocycles. The van der Waals surface area contributed by atoms with E-state index in [2.05, 4.69) is 0 Å². The van der Waals surface area contributed by atoms with Gasteiger partial charge < -0.3 is 18.9 Å². The Morgan fingerprint density at radius 3 is 2.27 bits per heavy atom. The van der Waals surface area contributed by atoms with E-state index in [4.69, 9.17) is 18.9 Å². The van der Waals surface area contributed by atoms with Gasteiger partial charge in [-0.2, -0.15) is 0 Å². The van der Waals surface area contributed by atoms with Crippen molar-refractivity contribution in [1.82, 2.24) is 0 Å². The summed E-state index contributed by atoms with van der Waals surface area (Å²) in [6.45, 7) is 1.19. The fourth-order valence-electron chi connectivity index (χ4n) is 3.09. The highest BCUT2D eigenvalue weighted by atomic mass is 16.6. The maximum atomic E-state index is 13.0. The monoisotopic (exact) mass is 404 g/mol. The van der Waals surface area contributed by atoms with Crippen molar-refractivity contribution in [2.45, 2.75) is 0 Å². The van der Waals surface area contributed by atoms with Crippen molar-refractivity contribution in [2.75, 3.05) is 26.4 Å². The summed E-state index contributed by atoms with van der Waals surface area (Å²) in [6.07, 6.45) is 0. The highest BCUT2D eigenvalue weighted by molar-refractivity contribution is 6.14. The molecule has 0 radical (unpaired) electrons. The predicted octanol–water partition coefficient (Wildman–Crippen LogP) is 3.92. The minimum absolute atomic E-state index is 0.0697. The molecule has 6 heteroatoms. The first-order chi connectivity index (χ1) is 14.7. The number of ketones is 1. The van der Waals surface area contributed by atoms with Gasteiger partial charge in [-0.1, -0.05) is 36.4 Å². The molecule has 1 aliphatic rings. The van der Waals surface area contributed by atoms with Crippen molar-refractivity contribution in [3.63, 3.8) is 0 Å². The van der Waals surface area contributed by atoms with Crippen molar-refractivity contribution in [1.29, 1.82) is 0 Å². The third-order valence-electron chi connectivity index (χ3n) is 4.52. The lowest BCUT2D eigenvalue weighted by Gasteiger charge is -2.18.